The topological polar surface area (TPSA) is 109 Å². The molecule has 0 fully saturated rings. The van der Waals surface area contributed by atoms with Gasteiger partial charge < -0.3 is 0 Å². The summed E-state index contributed by atoms with van der Waals surface area (Å²) >= 11 is 0. The first-order valence-electron chi connectivity index (χ1n) is 2.57. The number of halogens is 6. The van der Waals surface area contributed by atoms with Crippen LogP contribution in [-0.2, 0) is 20.2 Å². The first kappa shape index (κ1) is 23.0. The van der Waals surface area contributed by atoms with Gasteiger partial charge in [0, 0.05) is 46.9 Å². The van der Waals surface area contributed by atoms with E-state index >= 15 is 0 Å². The molecule has 0 radical (unpaired) electrons. The normalized spacial score (nSPS) is 13.2. The van der Waals surface area contributed by atoms with Crippen molar-refractivity contribution in [3.63, 3.8) is 0 Å². The maximum absolute atomic E-state index is 10.7. The van der Waals surface area contributed by atoms with Gasteiger partial charge in [-0.15, -0.1) is 0 Å². The van der Waals surface area contributed by atoms with E-state index in [0.29, 0.717) is 0 Å². The predicted molar refractivity (Wildman–Crippen MR) is 35.2 cm³/mol. The molecule has 17 heavy (non-hydrogen) atoms. The average molecular weight is 473 g/mol. The van der Waals surface area contributed by atoms with Crippen molar-refractivity contribution in [1.82, 2.24) is 0 Å². The molecule has 114 valence electrons. The molecule has 0 aliphatic heterocycles. The van der Waals surface area contributed by atoms with Crippen molar-refractivity contribution in [2.24, 2.45) is 0 Å². The Morgan fingerprint density at radius 3 is 0.706 bits per heavy atom. The van der Waals surface area contributed by atoms with Gasteiger partial charge in [0.2, 0.25) is 0 Å². The summed E-state index contributed by atoms with van der Waals surface area (Å²) in [6.07, 6.45) is 0. The number of rotatable bonds is 0. The molecule has 0 aliphatic rings. The summed E-state index contributed by atoms with van der Waals surface area (Å²) in [5.41, 5.74) is -11.1. The second kappa shape index (κ2) is 6.91. The summed E-state index contributed by atoms with van der Waals surface area (Å²) in [6.45, 7) is 0. The summed E-state index contributed by atoms with van der Waals surface area (Å²) in [5.74, 6) is 0. The molecule has 0 aromatic carbocycles. The molecule has 0 saturated heterocycles. The Bertz CT molecular complexity index is 374. The van der Waals surface area contributed by atoms with E-state index in [4.69, 9.17) is 25.9 Å². The van der Waals surface area contributed by atoms with Crippen LogP contribution in [0.2, 0.25) is 0 Å². The quantitative estimate of drug-likeness (QED) is 0.306. The van der Waals surface area contributed by atoms with E-state index in [1.54, 1.807) is 0 Å². The number of hydrogen-bond acceptors (Lipinski definition) is 4. The van der Waals surface area contributed by atoms with Crippen LogP contribution in [0.15, 0.2) is 0 Å². The largest absolute Gasteiger partial charge is 0.522 e. The third kappa shape index (κ3) is 10.5. The second-order valence-corrected chi connectivity index (χ2v) is 4.67. The zero-order valence-corrected chi connectivity index (χ0v) is 10.2. The number of alkyl halides is 6. The average Bonchev–Trinajstić information content (AvgIpc) is 1.77. The van der Waals surface area contributed by atoms with E-state index in [-0.39, 0.29) is 46.9 Å². The molecule has 0 heterocycles. The van der Waals surface area contributed by atoms with E-state index in [1.807, 2.05) is 0 Å². The van der Waals surface area contributed by atoms with Gasteiger partial charge in [0.25, 0.3) is 0 Å². The van der Waals surface area contributed by atoms with Gasteiger partial charge in [-0.25, -0.2) is 0 Å². The van der Waals surface area contributed by atoms with Gasteiger partial charge in [-0.2, -0.15) is 43.2 Å². The minimum Gasteiger partial charge on any atom is -0.279 e. The SMILES string of the molecule is O=S(=O)(O)C(F)(F)F.O=S(=O)(O)C(F)(F)F.[Yb]. The molecule has 0 saturated carbocycles. The van der Waals surface area contributed by atoms with Gasteiger partial charge in [-0.1, -0.05) is 0 Å². The zero-order chi connectivity index (χ0) is 14.0. The van der Waals surface area contributed by atoms with Crippen molar-refractivity contribution in [3.05, 3.63) is 0 Å². The van der Waals surface area contributed by atoms with Crippen molar-refractivity contribution in [2.45, 2.75) is 11.0 Å². The van der Waals surface area contributed by atoms with Crippen LogP contribution in [0.1, 0.15) is 0 Å². The fourth-order valence-corrected chi connectivity index (χ4v) is 0. The summed E-state index contributed by atoms with van der Waals surface area (Å²) < 4.78 is 115. The molecule has 0 atom stereocenters. The van der Waals surface area contributed by atoms with E-state index < -0.39 is 31.3 Å². The van der Waals surface area contributed by atoms with Crippen LogP contribution in [0.5, 0.6) is 0 Å². The fraction of sp³-hybridized carbons (Fsp3) is 1.00. The Balaban J connectivity index is -0.000000218. The first-order valence-corrected chi connectivity index (χ1v) is 5.45. The van der Waals surface area contributed by atoms with Crippen LogP contribution < -0.4 is 0 Å². The molecule has 15 heteroatoms. The van der Waals surface area contributed by atoms with Crippen LogP contribution in [0, 0.1) is 46.9 Å². The maximum atomic E-state index is 10.7. The zero-order valence-electron chi connectivity index (χ0n) is 6.88. The van der Waals surface area contributed by atoms with Gasteiger partial charge in [0.1, 0.15) is 0 Å². The summed E-state index contributed by atoms with van der Waals surface area (Å²) in [4.78, 5) is 0. The third-order valence-corrected chi connectivity index (χ3v) is 1.75. The van der Waals surface area contributed by atoms with E-state index in [2.05, 4.69) is 0 Å². The molecule has 0 aromatic rings. The molecule has 0 amide bonds. The van der Waals surface area contributed by atoms with Crippen molar-refractivity contribution >= 4 is 20.2 Å². The van der Waals surface area contributed by atoms with Crippen molar-refractivity contribution in [3.8, 4) is 0 Å². The maximum Gasteiger partial charge on any atom is 0.522 e. The molecule has 0 bridgehead atoms. The molecule has 0 rings (SSSR count). The van der Waals surface area contributed by atoms with Gasteiger partial charge in [-0.05, 0) is 0 Å². The smallest absolute Gasteiger partial charge is 0.279 e. The second-order valence-electron chi connectivity index (χ2n) is 1.84. The van der Waals surface area contributed by atoms with Crippen LogP contribution in [0.4, 0.5) is 26.3 Å². The molecular weight excluding hydrogens is 471 g/mol. The van der Waals surface area contributed by atoms with Crippen LogP contribution in [0.3, 0.4) is 0 Å². The minimum atomic E-state index is -5.84. The van der Waals surface area contributed by atoms with Crippen molar-refractivity contribution in [2.75, 3.05) is 0 Å². The summed E-state index contributed by atoms with van der Waals surface area (Å²) in [5, 5.41) is 0. The first-order chi connectivity index (χ1) is 6.50. The number of hydrogen-bond donors (Lipinski definition) is 2. The van der Waals surface area contributed by atoms with Gasteiger partial charge >= 0.3 is 31.3 Å². The molecular formula is C2H2F6O6S2Yb. The van der Waals surface area contributed by atoms with E-state index in [1.165, 1.54) is 0 Å². The van der Waals surface area contributed by atoms with Crippen LogP contribution in [-0.4, -0.2) is 37.0 Å². The molecule has 2 N–H and O–H groups in total. The monoisotopic (exact) mass is 474 g/mol. The Morgan fingerprint density at radius 2 is 0.706 bits per heavy atom. The molecule has 0 spiro atoms. The van der Waals surface area contributed by atoms with Crippen LogP contribution >= 0.6 is 0 Å². The molecule has 0 unspecified atom stereocenters. The summed E-state index contributed by atoms with van der Waals surface area (Å²) in [7, 11) is -11.7. The van der Waals surface area contributed by atoms with Crippen molar-refractivity contribution < 1.29 is 99.2 Å². The van der Waals surface area contributed by atoms with Crippen LogP contribution in [0.25, 0.3) is 0 Å². The van der Waals surface area contributed by atoms with E-state index in [0.717, 1.165) is 0 Å². The van der Waals surface area contributed by atoms with E-state index in [9.17, 15) is 26.3 Å². The van der Waals surface area contributed by atoms with Gasteiger partial charge in [-0.3, -0.25) is 9.11 Å². The molecule has 6 nitrogen and oxygen atoms in total. The molecule has 0 aliphatic carbocycles. The predicted octanol–water partition coefficient (Wildman–Crippen LogP) is 0.788. The van der Waals surface area contributed by atoms with Crippen molar-refractivity contribution in [1.29, 1.82) is 0 Å². The van der Waals surface area contributed by atoms with Gasteiger partial charge in [0.15, 0.2) is 0 Å². The standard InChI is InChI=1S/2CHF3O3S.Yb/c2*2-1(3,4)8(5,6)7;/h2*(H,5,6,7);. The Hall–Kier alpha value is 0.919. The Morgan fingerprint density at radius 1 is 0.647 bits per heavy atom. The Kier molecular flexibility index (Phi) is 9.36. The minimum absolute atomic E-state index is 0. The third-order valence-electron chi connectivity index (χ3n) is 0.585. The Labute approximate surface area is 129 Å². The molecule has 0 aromatic heterocycles. The summed E-state index contributed by atoms with van der Waals surface area (Å²) in [6, 6.07) is 0. The fourth-order valence-electron chi connectivity index (χ4n) is 0. The van der Waals surface area contributed by atoms with Gasteiger partial charge in [0.05, 0.1) is 0 Å².